The molecule has 0 aliphatic heterocycles. The monoisotopic (exact) mass is 306 g/mol. The zero-order valence-electron chi connectivity index (χ0n) is 13.1. The predicted molar refractivity (Wildman–Crippen MR) is 92.9 cm³/mol. The lowest BCUT2D eigenvalue weighted by molar-refractivity contribution is 0.416. The van der Waals surface area contributed by atoms with Crippen LogP contribution in [0.25, 0.3) is 11.3 Å². The lowest BCUT2D eigenvalue weighted by Gasteiger charge is -2.11. The van der Waals surface area contributed by atoms with Crippen LogP contribution in [0, 0.1) is 6.92 Å². The van der Waals surface area contributed by atoms with Crippen molar-refractivity contribution in [3.05, 3.63) is 60.4 Å². The van der Waals surface area contributed by atoms with E-state index in [1.165, 1.54) is 6.33 Å². The third-order valence-electron chi connectivity index (χ3n) is 3.57. The molecule has 0 amide bonds. The van der Waals surface area contributed by atoms with Crippen LogP contribution in [0.1, 0.15) is 5.56 Å². The second-order valence-electron chi connectivity index (χ2n) is 5.19. The molecule has 1 heterocycles. The number of hydrogen-bond acceptors (Lipinski definition) is 5. The number of benzene rings is 2. The highest BCUT2D eigenvalue weighted by atomic mass is 16.5. The van der Waals surface area contributed by atoms with Crippen molar-refractivity contribution in [1.82, 2.24) is 9.97 Å². The fourth-order valence-corrected chi connectivity index (χ4v) is 2.34. The van der Waals surface area contributed by atoms with Gasteiger partial charge in [0.1, 0.15) is 17.9 Å². The number of hydrogen-bond donors (Lipinski definition) is 2. The molecule has 5 heteroatoms. The van der Waals surface area contributed by atoms with Crippen LogP contribution in [0.3, 0.4) is 0 Å². The van der Waals surface area contributed by atoms with Crippen molar-refractivity contribution in [2.24, 2.45) is 0 Å². The zero-order valence-corrected chi connectivity index (χ0v) is 13.1. The first-order chi connectivity index (χ1) is 11.2. The summed E-state index contributed by atoms with van der Waals surface area (Å²) >= 11 is 0. The molecule has 0 saturated carbocycles. The Kier molecular flexibility index (Phi) is 4.10. The molecule has 3 rings (SSSR count). The Labute approximate surface area is 135 Å². The first-order valence-electron chi connectivity index (χ1n) is 7.26. The highest BCUT2D eigenvalue weighted by molar-refractivity contribution is 5.71. The molecular formula is C18H18N4O. The number of para-hydroxylation sites is 1. The average Bonchev–Trinajstić information content (AvgIpc) is 2.58. The lowest BCUT2D eigenvalue weighted by Crippen LogP contribution is -1.99. The third kappa shape index (κ3) is 3.23. The fraction of sp³-hybridized carbons (Fsp3) is 0.111. The molecule has 0 atom stereocenters. The molecular weight excluding hydrogens is 288 g/mol. The van der Waals surface area contributed by atoms with Crippen molar-refractivity contribution in [2.45, 2.75) is 6.92 Å². The predicted octanol–water partition coefficient (Wildman–Crippen LogP) is 3.79. The molecule has 5 nitrogen and oxygen atoms in total. The number of aryl methyl sites for hydroxylation is 1. The van der Waals surface area contributed by atoms with Gasteiger partial charge in [0.15, 0.2) is 0 Å². The molecule has 0 aliphatic carbocycles. The van der Waals surface area contributed by atoms with Gasteiger partial charge in [-0.2, -0.15) is 0 Å². The summed E-state index contributed by atoms with van der Waals surface area (Å²) in [6.07, 6.45) is 1.53. The number of nitrogens with two attached hydrogens (primary N) is 1. The number of anilines is 3. The van der Waals surface area contributed by atoms with E-state index in [4.69, 9.17) is 10.5 Å². The van der Waals surface area contributed by atoms with Gasteiger partial charge in [-0.3, -0.25) is 0 Å². The van der Waals surface area contributed by atoms with E-state index < -0.39 is 0 Å². The van der Waals surface area contributed by atoms with E-state index in [0.29, 0.717) is 11.5 Å². The van der Waals surface area contributed by atoms with Crippen LogP contribution in [0.2, 0.25) is 0 Å². The summed E-state index contributed by atoms with van der Waals surface area (Å²) in [6, 6.07) is 15.4. The molecule has 116 valence electrons. The Balaban J connectivity index is 1.95. The van der Waals surface area contributed by atoms with Crippen LogP contribution in [0.15, 0.2) is 54.9 Å². The largest absolute Gasteiger partial charge is 0.496 e. The van der Waals surface area contributed by atoms with Gasteiger partial charge in [-0.25, -0.2) is 9.97 Å². The Hall–Kier alpha value is -3.08. The van der Waals surface area contributed by atoms with Gasteiger partial charge in [-0.05, 0) is 36.8 Å². The van der Waals surface area contributed by atoms with Gasteiger partial charge in [-0.1, -0.05) is 18.2 Å². The minimum atomic E-state index is 0.703. The molecule has 0 fully saturated rings. The number of rotatable bonds is 4. The standard InChI is InChI=1S/C18H18N4O/c1-12-7-8-13(19)9-15(12)22-18-10-16(20-11-21-18)14-5-3-4-6-17(14)23-2/h3-11H,19H2,1-2H3,(H,20,21,22). The molecule has 0 spiro atoms. The number of nitrogens with zero attached hydrogens (tertiary/aromatic N) is 2. The molecule has 1 aromatic heterocycles. The van der Waals surface area contributed by atoms with Crippen LogP contribution in [0.4, 0.5) is 17.2 Å². The van der Waals surface area contributed by atoms with Crippen molar-refractivity contribution in [3.8, 4) is 17.0 Å². The normalized spacial score (nSPS) is 10.3. The Morgan fingerprint density at radius 1 is 1.04 bits per heavy atom. The van der Waals surface area contributed by atoms with Gasteiger partial charge in [0.25, 0.3) is 0 Å². The minimum absolute atomic E-state index is 0.703. The number of nitrogens with one attached hydrogen (secondary N) is 1. The Morgan fingerprint density at radius 3 is 2.70 bits per heavy atom. The molecule has 23 heavy (non-hydrogen) atoms. The SMILES string of the molecule is COc1ccccc1-c1cc(Nc2cc(N)ccc2C)ncn1. The van der Waals surface area contributed by atoms with E-state index in [1.807, 2.05) is 55.5 Å². The molecule has 3 aromatic rings. The van der Waals surface area contributed by atoms with Crippen molar-refractivity contribution >= 4 is 17.2 Å². The lowest BCUT2D eigenvalue weighted by atomic mass is 10.1. The number of methoxy groups -OCH3 is 1. The van der Waals surface area contributed by atoms with Crippen molar-refractivity contribution in [2.75, 3.05) is 18.2 Å². The van der Waals surface area contributed by atoms with Crippen LogP contribution >= 0.6 is 0 Å². The summed E-state index contributed by atoms with van der Waals surface area (Å²) in [5.74, 6) is 1.48. The maximum absolute atomic E-state index is 5.85. The molecule has 0 saturated heterocycles. The van der Waals surface area contributed by atoms with Crippen LogP contribution in [-0.2, 0) is 0 Å². The molecule has 0 aliphatic rings. The van der Waals surface area contributed by atoms with Gasteiger partial charge in [0, 0.05) is 23.0 Å². The highest BCUT2D eigenvalue weighted by Gasteiger charge is 2.08. The summed E-state index contributed by atoms with van der Waals surface area (Å²) in [4.78, 5) is 8.63. The summed E-state index contributed by atoms with van der Waals surface area (Å²) in [7, 11) is 1.65. The smallest absolute Gasteiger partial charge is 0.134 e. The summed E-state index contributed by atoms with van der Waals surface area (Å²) < 4.78 is 5.40. The van der Waals surface area contributed by atoms with Gasteiger partial charge in [0.05, 0.1) is 12.8 Å². The molecule has 0 unspecified atom stereocenters. The maximum atomic E-state index is 5.85. The Bertz CT molecular complexity index is 833. The number of aromatic nitrogens is 2. The topological polar surface area (TPSA) is 73.1 Å². The second kappa shape index (κ2) is 6.36. The van der Waals surface area contributed by atoms with Crippen LogP contribution < -0.4 is 15.8 Å². The molecule has 0 radical (unpaired) electrons. The molecule has 0 bridgehead atoms. The minimum Gasteiger partial charge on any atom is -0.496 e. The molecule has 3 N–H and O–H groups in total. The van der Waals surface area contributed by atoms with Gasteiger partial charge >= 0.3 is 0 Å². The third-order valence-corrected chi connectivity index (χ3v) is 3.57. The van der Waals surface area contributed by atoms with E-state index in [1.54, 1.807) is 7.11 Å². The van der Waals surface area contributed by atoms with Gasteiger partial charge in [-0.15, -0.1) is 0 Å². The first kappa shape index (κ1) is 14.8. The molecule has 2 aromatic carbocycles. The fourth-order valence-electron chi connectivity index (χ4n) is 2.34. The zero-order chi connectivity index (χ0) is 16.2. The summed E-state index contributed by atoms with van der Waals surface area (Å²) in [6.45, 7) is 2.02. The van der Waals surface area contributed by atoms with E-state index in [2.05, 4.69) is 15.3 Å². The van der Waals surface area contributed by atoms with Gasteiger partial charge < -0.3 is 15.8 Å². The van der Waals surface area contributed by atoms with Crippen molar-refractivity contribution < 1.29 is 4.74 Å². The van der Waals surface area contributed by atoms with Crippen LogP contribution in [-0.4, -0.2) is 17.1 Å². The van der Waals surface area contributed by atoms with E-state index >= 15 is 0 Å². The summed E-state index contributed by atoms with van der Waals surface area (Å²) in [5.41, 5.74) is 10.3. The number of nitrogen functional groups attached to an aromatic ring is 1. The van der Waals surface area contributed by atoms with Crippen LogP contribution in [0.5, 0.6) is 5.75 Å². The van der Waals surface area contributed by atoms with Crippen molar-refractivity contribution in [1.29, 1.82) is 0 Å². The average molecular weight is 306 g/mol. The second-order valence-corrected chi connectivity index (χ2v) is 5.19. The Morgan fingerprint density at radius 2 is 1.87 bits per heavy atom. The first-order valence-corrected chi connectivity index (χ1v) is 7.26. The highest BCUT2D eigenvalue weighted by Crippen LogP contribution is 2.29. The van der Waals surface area contributed by atoms with Crippen molar-refractivity contribution in [3.63, 3.8) is 0 Å². The quantitative estimate of drug-likeness (QED) is 0.717. The maximum Gasteiger partial charge on any atom is 0.134 e. The number of ether oxygens (including phenoxy) is 1. The summed E-state index contributed by atoms with van der Waals surface area (Å²) in [5, 5.41) is 3.29. The van der Waals surface area contributed by atoms with E-state index in [9.17, 15) is 0 Å². The van der Waals surface area contributed by atoms with E-state index in [-0.39, 0.29) is 0 Å². The van der Waals surface area contributed by atoms with E-state index in [0.717, 1.165) is 28.3 Å². The van der Waals surface area contributed by atoms with Gasteiger partial charge in [0.2, 0.25) is 0 Å².